The highest BCUT2D eigenvalue weighted by Gasteiger charge is 2.09. The van der Waals surface area contributed by atoms with Gasteiger partial charge in [-0.05, 0) is 18.2 Å². The van der Waals surface area contributed by atoms with E-state index in [4.69, 9.17) is 0 Å². The first-order valence-corrected chi connectivity index (χ1v) is 5.15. The summed E-state index contributed by atoms with van der Waals surface area (Å²) >= 11 is 0. The summed E-state index contributed by atoms with van der Waals surface area (Å²) in [6.45, 7) is 2.14. The van der Waals surface area contributed by atoms with E-state index in [9.17, 15) is 0 Å². The van der Waals surface area contributed by atoms with Crippen LogP contribution in [0.4, 0.5) is 0 Å². The van der Waals surface area contributed by atoms with Crippen LogP contribution in [-0.4, -0.2) is 0 Å². The minimum atomic E-state index is 1.24. The fourth-order valence-corrected chi connectivity index (χ4v) is 2.11. The molecule has 0 bridgehead atoms. The van der Waals surface area contributed by atoms with E-state index in [1.54, 1.807) is 0 Å². The van der Waals surface area contributed by atoms with Crippen LogP contribution in [0.1, 0.15) is 5.69 Å². The molecule has 3 aromatic rings. The van der Waals surface area contributed by atoms with Gasteiger partial charge in [-0.1, -0.05) is 12.1 Å². The molecule has 15 heavy (non-hydrogen) atoms. The third kappa shape index (κ3) is 1.20. The van der Waals surface area contributed by atoms with Crippen molar-refractivity contribution >= 4 is 16.4 Å². The van der Waals surface area contributed by atoms with Gasteiger partial charge in [-0.3, -0.25) is 0 Å². The van der Waals surface area contributed by atoms with Crippen LogP contribution in [0.3, 0.4) is 0 Å². The van der Waals surface area contributed by atoms with E-state index in [1.807, 2.05) is 0 Å². The zero-order chi connectivity index (χ0) is 10.3. The topological polar surface area (TPSA) is 4.10 Å². The first-order valence-electron chi connectivity index (χ1n) is 5.15. The number of aryl methyl sites for hydroxylation is 1. The maximum Gasteiger partial charge on any atom is 0.218 e. The SMILES string of the molecule is Cc1cccc2ccc3ccccc3[n+]12. The minimum absolute atomic E-state index is 1.24. The molecule has 1 nitrogen and oxygen atoms in total. The summed E-state index contributed by atoms with van der Waals surface area (Å²) in [5, 5.41) is 1.28. The predicted octanol–water partition coefficient (Wildman–Crippen LogP) is 2.89. The van der Waals surface area contributed by atoms with Crippen LogP contribution in [0.15, 0.2) is 54.6 Å². The number of nitrogens with zero attached hydrogens (tertiary/aromatic N) is 1. The van der Waals surface area contributed by atoms with Gasteiger partial charge in [-0.15, -0.1) is 0 Å². The predicted molar refractivity (Wildman–Crippen MR) is 61.8 cm³/mol. The second kappa shape index (κ2) is 3.06. The number of para-hydroxylation sites is 1. The molecule has 1 aromatic carbocycles. The Hall–Kier alpha value is -1.89. The molecule has 2 heterocycles. The third-order valence-electron chi connectivity index (χ3n) is 2.83. The molecule has 0 aliphatic rings. The van der Waals surface area contributed by atoms with Crippen molar-refractivity contribution in [2.24, 2.45) is 0 Å². The van der Waals surface area contributed by atoms with Crippen LogP contribution in [-0.2, 0) is 0 Å². The molecule has 0 fully saturated rings. The van der Waals surface area contributed by atoms with Crippen LogP contribution < -0.4 is 4.40 Å². The van der Waals surface area contributed by atoms with E-state index in [1.165, 1.54) is 22.1 Å². The maximum atomic E-state index is 2.29. The molecule has 0 atom stereocenters. The van der Waals surface area contributed by atoms with Crippen molar-refractivity contribution in [2.45, 2.75) is 6.92 Å². The number of fused-ring (bicyclic) bond motifs is 3. The molecule has 0 saturated heterocycles. The van der Waals surface area contributed by atoms with Gasteiger partial charge >= 0.3 is 0 Å². The van der Waals surface area contributed by atoms with Crippen molar-refractivity contribution in [1.29, 1.82) is 0 Å². The van der Waals surface area contributed by atoms with Gasteiger partial charge in [-0.2, -0.15) is 4.40 Å². The lowest BCUT2D eigenvalue weighted by Gasteiger charge is -1.98. The molecule has 0 aliphatic carbocycles. The van der Waals surface area contributed by atoms with Gasteiger partial charge in [0.1, 0.15) is 0 Å². The van der Waals surface area contributed by atoms with Crippen molar-refractivity contribution in [1.82, 2.24) is 0 Å². The first-order chi connectivity index (χ1) is 7.36. The Balaban J connectivity index is 2.64. The third-order valence-corrected chi connectivity index (χ3v) is 2.83. The number of hydrogen-bond donors (Lipinski definition) is 0. The summed E-state index contributed by atoms with van der Waals surface area (Å²) in [5.74, 6) is 0. The molecular weight excluding hydrogens is 182 g/mol. The second-order valence-corrected chi connectivity index (χ2v) is 3.82. The van der Waals surface area contributed by atoms with Crippen LogP contribution in [0, 0.1) is 6.92 Å². The molecule has 0 radical (unpaired) electrons. The van der Waals surface area contributed by atoms with E-state index in [2.05, 4.69) is 65.9 Å². The van der Waals surface area contributed by atoms with Gasteiger partial charge in [-0.25, -0.2) is 0 Å². The maximum absolute atomic E-state index is 2.29. The molecule has 0 amide bonds. The molecule has 0 unspecified atom stereocenters. The fraction of sp³-hybridized carbons (Fsp3) is 0.0714. The van der Waals surface area contributed by atoms with Crippen LogP contribution >= 0.6 is 0 Å². The Morgan fingerprint density at radius 1 is 0.800 bits per heavy atom. The molecule has 1 heteroatoms. The Labute approximate surface area is 88.6 Å². The Morgan fingerprint density at radius 3 is 2.60 bits per heavy atom. The van der Waals surface area contributed by atoms with Gasteiger partial charge in [0.25, 0.3) is 0 Å². The summed E-state index contributed by atoms with van der Waals surface area (Å²) in [5.41, 5.74) is 3.78. The van der Waals surface area contributed by atoms with Crippen LogP contribution in [0.25, 0.3) is 16.4 Å². The van der Waals surface area contributed by atoms with Crippen molar-refractivity contribution in [3.8, 4) is 0 Å². The highest BCUT2D eigenvalue weighted by molar-refractivity contribution is 5.77. The van der Waals surface area contributed by atoms with E-state index in [0.29, 0.717) is 0 Å². The lowest BCUT2D eigenvalue weighted by molar-refractivity contribution is -0.489. The lowest BCUT2D eigenvalue weighted by atomic mass is 10.2. The van der Waals surface area contributed by atoms with Crippen molar-refractivity contribution in [2.75, 3.05) is 0 Å². The zero-order valence-electron chi connectivity index (χ0n) is 8.64. The van der Waals surface area contributed by atoms with E-state index >= 15 is 0 Å². The number of aromatic nitrogens is 1. The average Bonchev–Trinajstić information content (AvgIpc) is 2.29. The fourth-order valence-electron chi connectivity index (χ4n) is 2.11. The molecule has 0 saturated carbocycles. The highest BCUT2D eigenvalue weighted by atomic mass is 14.9. The van der Waals surface area contributed by atoms with Crippen LogP contribution in [0.5, 0.6) is 0 Å². The smallest absolute Gasteiger partial charge is 0.158 e. The lowest BCUT2D eigenvalue weighted by Crippen LogP contribution is -2.26. The molecule has 0 N–H and O–H groups in total. The van der Waals surface area contributed by atoms with Gasteiger partial charge in [0.2, 0.25) is 11.0 Å². The molecule has 0 spiro atoms. The summed E-state index contributed by atoms with van der Waals surface area (Å²) in [6, 6.07) is 19.2. The minimum Gasteiger partial charge on any atom is -0.158 e. The number of rotatable bonds is 0. The molecule has 3 rings (SSSR count). The summed E-state index contributed by atoms with van der Waals surface area (Å²) < 4.78 is 2.29. The summed E-state index contributed by atoms with van der Waals surface area (Å²) in [7, 11) is 0. The van der Waals surface area contributed by atoms with Crippen LogP contribution in [0.2, 0.25) is 0 Å². The van der Waals surface area contributed by atoms with Crippen molar-refractivity contribution in [3.63, 3.8) is 0 Å². The number of pyridine rings is 2. The zero-order valence-corrected chi connectivity index (χ0v) is 8.64. The average molecular weight is 194 g/mol. The Kier molecular flexibility index (Phi) is 1.72. The van der Waals surface area contributed by atoms with E-state index in [0.717, 1.165) is 0 Å². The number of hydrogen-bond acceptors (Lipinski definition) is 0. The molecular formula is C14H12N+. The van der Waals surface area contributed by atoms with E-state index in [-0.39, 0.29) is 0 Å². The van der Waals surface area contributed by atoms with E-state index < -0.39 is 0 Å². The molecule has 0 aliphatic heterocycles. The Morgan fingerprint density at radius 2 is 1.67 bits per heavy atom. The quantitative estimate of drug-likeness (QED) is 0.383. The molecule has 72 valence electrons. The largest absolute Gasteiger partial charge is 0.218 e. The Bertz CT molecular complexity index is 641. The van der Waals surface area contributed by atoms with Gasteiger partial charge in [0.05, 0.1) is 0 Å². The highest BCUT2D eigenvalue weighted by Crippen LogP contribution is 2.11. The normalized spacial score (nSPS) is 11.0. The van der Waals surface area contributed by atoms with Gasteiger partial charge in [0.15, 0.2) is 5.69 Å². The van der Waals surface area contributed by atoms with Crippen molar-refractivity contribution < 1.29 is 4.40 Å². The standard InChI is InChI=1S/C14H12N/c1-11-5-4-7-13-10-9-12-6-2-3-8-14(12)15(11)13/h2-10H,1H3/q+1. The van der Waals surface area contributed by atoms with Crippen molar-refractivity contribution in [3.05, 3.63) is 60.3 Å². The first kappa shape index (κ1) is 8.42. The second-order valence-electron chi connectivity index (χ2n) is 3.82. The monoisotopic (exact) mass is 194 g/mol. The number of benzene rings is 1. The van der Waals surface area contributed by atoms with Gasteiger partial charge < -0.3 is 0 Å². The summed E-state index contributed by atoms with van der Waals surface area (Å²) in [4.78, 5) is 0. The molecule has 2 aromatic heterocycles. The summed E-state index contributed by atoms with van der Waals surface area (Å²) in [6.07, 6.45) is 0. The van der Waals surface area contributed by atoms with Gasteiger partial charge in [0, 0.05) is 36.6 Å².